The highest BCUT2D eigenvalue weighted by atomic mass is 32.1. The maximum Gasteiger partial charge on any atom is 0.0160 e. The molecular formula is C14H13S. The molecule has 1 aromatic rings. The van der Waals surface area contributed by atoms with Gasteiger partial charge in [0, 0.05) is 12.2 Å². The molecule has 0 nitrogen and oxygen atoms in total. The van der Waals surface area contributed by atoms with Crippen molar-refractivity contribution in [2.24, 2.45) is 0 Å². The standard InChI is InChI=1S/C14H13S/c1-11-6-2-4-8-13(11)14-9-5-3-7-12(14)10-15/h2-9,15H,1,10H2. The second kappa shape index (κ2) is 4.54. The van der Waals surface area contributed by atoms with Crippen LogP contribution in [-0.4, -0.2) is 0 Å². The fraction of sp³-hybridized carbons (Fsp3) is 0.0714. The number of rotatable bonds is 2. The second-order valence-corrected chi connectivity index (χ2v) is 3.79. The molecule has 0 bridgehead atoms. The summed E-state index contributed by atoms with van der Waals surface area (Å²) >= 11 is 4.34. The summed E-state index contributed by atoms with van der Waals surface area (Å²) in [6.45, 7) is 4.05. The van der Waals surface area contributed by atoms with E-state index in [1.807, 2.05) is 24.6 Å². The minimum atomic E-state index is 0.754. The van der Waals surface area contributed by atoms with Crippen molar-refractivity contribution in [1.29, 1.82) is 0 Å². The minimum absolute atomic E-state index is 0.754. The van der Waals surface area contributed by atoms with E-state index in [1.165, 1.54) is 16.7 Å². The van der Waals surface area contributed by atoms with Crippen molar-refractivity contribution in [2.45, 2.75) is 5.75 Å². The SMILES string of the molecule is C=C1[CH]C=CC=C1c1ccccc1CS. The zero-order chi connectivity index (χ0) is 10.7. The first-order valence-electron chi connectivity index (χ1n) is 4.93. The van der Waals surface area contributed by atoms with Crippen molar-refractivity contribution in [3.05, 3.63) is 72.2 Å². The molecule has 0 amide bonds. The fourth-order valence-corrected chi connectivity index (χ4v) is 1.98. The number of benzene rings is 1. The lowest BCUT2D eigenvalue weighted by molar-refractivity contribution is 1.37. The first-order chi connectivity index (χ1) is 7.33. The summed E-state index contributed by atoms with van der Waals surface area (Å²) in [4.78, 5) is 0. The summed E-state index contributed by atoms with van der Waals surface area (Å²) in [7, 11) is 0. The van der Waals surface area contributed by atoms with Crippen molar-refractivity contribution in [3.8, 4) is 0 Å². The first kappa shape index (κ1) is 10.3. The van der Waals surface area contributed by atoms with Crippen LogP contribution in [0.4, 0.5) is 0 Å². The van der Waals surface area contributed by atoms with Gasteiger partial charge in [-0.15, -0.1) is 0 Å². The Morgan fingerprint density at radius 2 is 1.93 bits per heavy atom. The zero-order valence-electron chi connectivity index (χ0n) is 8.48. The van der Waals surface area contributed by atoms with E-state index < -0.39 is 0 Å². The van der Waals surface area contributed by atoms with Crippen molar-refractivity contribution < 1.29 is 0 Å². The molecule has 0 N–H and O–H groups in total. The van der Waals surface area contributed by atoms with Crippen LogP contribution in [0, 0.1) is 6.42 Å². The van der Waals surface area contributed by atoms with Gasteiger partial charge in [0.05, 0.1) is 0 Å². The lowest BCUT2D eigenvalue weighted by Crippen LogP contribution is -1.96. The predicted octanol–water partition coefficient (Wildman–Crippen LogP) is 3.83. The second-order valence-electron chi connectivity index (χ2n) is 3.47. The topological polar surface area (TPSA) is 0 Å². The third-order valence-corrected chi connectivity index (χ3v) is 2.84. The molecule has 0 atom stereocenters. The molecule has 75 valence electrons. The molecule has 0 unspecified atom stereocenters. The number of allylic oxidation sites excluding steroid dienone is 5. The highest BCUT2D eigenvalue weighted by Crippen LogP contribution is 2.29. The van der Waals surface area contributed by atoms with Crippen LogP contribution < -0.4 is 0 Å². The minimum Gasteiger partial charge on any atom is -0.175 e. The zero-order valence-corrected chi connectivity index (χ0v) is 9.37. The highest BCUT2D eigenvalue weighted by molar-refractivity contribution is 7.79. The van der Waals surface area contributed by atoms with Gasteiger partial charge in [-0.3, -0.25) is 0 Å². The van der Waals surface area contributed by atoms with Crippen molar-refractivity contribution in [2.75, 3.05) is 0 Å². The van der Waals surface area contributed by atoms with Gasteiger partial charge in [0.1, 0.15) is 0 Å². The largest absolute Gasteiger partial charge is 0.175 e. The van der Waals surface area contributed by atoms with Crippen LogP contribution in [-0.2, 0) is 5.75 Å². The molecule has 1 radical (unpaired) electrons. The molecule has 1 aliphatic carbocycles. The summed E-state index contributed by atoms with van der Waals surface area (Å²) in [5.74, 6) is 0.754. The van der Waals surface area contributed by atoms with Gasteiger partial charge in [0.25, 0.3) is 0 Å². The summed E-state index contributed by atoms with van der Waals surface area (Å²) in [6.07, 6.45) is 8.18. The smallest absolute Gasteiger partial charge is 0.0160 e. The van der Waals surface area contributed by atoms with Gasteiger partial charge in [-0.05, 0) is 22.3 Å². The molecule has 0 fully saturated rings. The van der Waals surface area contributed by atoms with Gasteiger partial charge in [-0.1, -0.05) is 49.1 Å². The van der Waals surface area contributed by atoms with Crippen LogP contribution in [0.2, 0.25) is 0 Å². The third-order valence-electron chi connectivity index (χ3n) is 2.50. The Kier molecular flexibility index (Phi) is 3.12. The van der Waals surface area contributed by atoms with E-state index in [-0.39, 0.29) is 0 Å². The van der Waals surface area contributed by atoms with Crippen molar-refractivity contribution in [1.82, 2.24) is 0 Å². The number of thiol groups is 1. The third kappa shape index (κ3) is 2.07. The quantitative estimate of drug-likeness (QED) is 0.709. The molecule has 1 aromatic carbocycles. The van der Waals surface area contributed by atoms with E-state index in [9.17, 15) is 0 Å². The van der Waals surface area contributed by atoms with E-state index in [0.29, 0.717) is 0 Å². The Labute approximate surface area is 96.4 Å². The number of hydrogen-bond acceptors (Lipinski definition) is 1. The highest BCUT2D eigenvalue weighted by Gasteiger charge is 2.10. The Balaban J connectivity index is 2.48. The first-order valence-corrected chi connectivity index (χ1v) is 5.56. The van der Waals surface area contributed by atoms with Gasteiger partial charge in [0.15, 0.2) is 0 Å². The van der Waals surface area contributed by atoms with E-state index in [4.69, 9.17) is 0 Å². The molecular weight excluding hydrogens is 200 g/mol. The summed E-state index contributed by atoms with van der Waals surface area (Å²) in [5, 5.41) is 0. The summed E-state index contributed by atoms with van der Waals surface area (Å²) < 4.78 is 0. The van der Waals surface area contributed by atoms with Gasteiger partial charge in [-0.2, -0.15) is 12.6 Å². The van der Waals surface area contributed by atoms with Crippen molar-refractivity contribution >= 4 is 18.2 Å². The van der Waals surface area contributed by atoms with Crippen LogP contribution in [0.1, 0.15) is 11.1 Å². The molecule has 1 aliphatic rings. The summed E-state index contributed by atoms with van der Waals surface area (Å²) in [6, 6.07) is 8.32. The lowest BCUT2D eigenvalue weighted by atomic mass is 9.91. The average molecular weight is 213 g/mol. The molecule has 0 saturated carbocycles. The maximum atomic E-state index is 4.34. The van der Waals surface area contributed by atoms with E-state index in [2.05, 4.69) is 43.5 Å². The fourth-order valence-electron chi connectivity index (χ4n) is 1.70. The van der Waals surface area contributed by atoms with Gasteiger partial charge >= 0.3 is 0 Å². The van der Waals surface area contributed by atoms with Crippen LogP contribution in [0.3, 0.4) is 0 Å². The van der Waals surface area contributed by atoms with Crippen LogP contribution in [0.25, 0.3) is 5.57 Å². The lowest BCUT2D eigenvalue weighted by Gasteiger charge is -2.15. The van der Waals surface area contributed by atoms with Gasteiger partial charge in [-0.25, -0.2) is 0 Å². The Bertz CT molecular complexity index is 438. The Hall–Kier alpha value is -1.21. The molecule has 0 aromatic heterocycles. The van der Waals surface area contributed by atoms with Crippen LogP contribution >= 0.6 is 12.6 Å². The Morgan fingerprint density at radius 1 is 1.13 bits per heavy atom. The molecule has 0 aliphatic heterocycles. The van der Waals surface area contributed by atoms with Gasteiger partial charge in [0.2, 0.25) is 0 Å². The maximum absolute atomic E-state index is 4.34. The molecule has 2 rings (SSSR count). The Morgan fingerprint density at radius 3 is 2.67 bits per heavy atom. The number of hydrogen-bond donors (Lipinski definition) is 1. The van der Waals surface area contributed by atoms with E-state index >= 15 is 0 Å². The molecule has 0 spiro atoms. The molecule has 15 heavy (non-hydrogen) atoms. The molecule has 1 heteroatoms. The van der Waals surface area contributed by atoms with E-state index in [0.717, 1.165) is 11.3 Å². The summed E-state index contributed by atoms with van der Waals surface area (Å²) in [5.41, 5.74) is 4.74. The molecule has 0 heterocycles. The molecule has 0 saturated heterocycles. The monoisotopic (exact) mass is 213 g/mol. The van der Waals surface area contributed by atoms with E-state index in [1.54, 1.807) is 0 Å². The predicted molar refractivity (Wildman–Crippen MR) is 69.7 cm³/mol. The average Bonchev–Trinajstić information content (AvgIpc) is 2.30. The van der Waals surface area contributed by atoms with Crippen LogP contribution in [0.5, 0.6) is 0 Å². The van der Waals surface area contributed by atoms with Gasteiger partial charge < -0.3 is 0 Å². The van der Waals surface area contributed by atoms with Crippen molar-refractivity contribution in [3.63, 3.8) is 0 Å². The van der Waals surface area contributed by atoms with Crippen LogP contribution in [0.15, 0.2) is 54.6 Å². The normalized spacial score (nSPS) is 15.3.